The third-order valence-corrected chi connectivity index (χ3v) is 8.50. The van der Waals surface area contributed by atoms with Crippen LogP contribution in [0.1, 0.15) is 83.9 Å². The smallest absolute Gasteiger partial charge is 0.550 e. The third kappa shape index (κ3) is 11.0. The van der Waals surface area contributed by atoms with E-state index < -0.39 is 5.97 Å². The van der Waals surface area contributed by atoms with Crippen molar-refractivity contribution in [2.24, 2.45) is 13.0 Å². The molecule has 232 valence electrons. The molecular weight excluding hydrogens is 574 g/mol. The molecule has 0 fully saturated rings. The second-order valence-electron chi connectivity index (χ2n) is 11.7. The van der Waals surface area contributed by atoms with E-state index in [2.05, 4.69) is 53.8 Å². The molecule has 0 aliphatic rings. The first-order valence-corrected chi connectivity index (χ1v) is 15.9. The van der Waals surface area contributed by atoms with E-state index in [-0.39, 0.29) is 47.6 Å². The number of rotatable bonds is 18. The second kappa shape index (κ2) is 18.7. The first-order chi connectivity index (χ1) is 21.4. The Labute approximate surface area is 289 Å². The SMILES string of the molecule is CCc1c(C(=O)c2ccc(F)c(NCC(CCCc3ccccc3)CCCc3ccccc3)c2)cc(CCCC(=O)[O-])n1C.[Na+]. The van der Waals surface area contributed by atoms with E-state index in [1.54, 1.807) is 12.1 Å². The fourth-order valence-corrected chi connectivity index (χ4v) is 6.02. The number of anilines is 1. The molecule has 0 atom stereocenters. The molecule has 1 heterocycles. The number of benzene rings is 3. The van der Waals surface area contributed by atoms with Gasteiger partial charge in [-0.15, -0.1) is 0 Å². The van der Waals surface area contributed by atoms with E-state index in [1.807, 2.05) is 36.7 Å². The van der Waals surface area contributed by atoms with Crippen LogP contribution < -0.4 is 40.0 Å². The quantitative estimate of drug-likeness (QED) is 0.135. The molecule has 0 aliphatic heterocycles. The predicted molar refractivity (Wildman–Crippen MR) is 173 cm³/mol. The maximum absolute atomic E-state index is 15.0. The molecule has 3 aromatic carbocycles. The molecule has 7 heteroatoms. The summed E-state index contributed by atoms with van der Waals surface area (Å²) in [6.07, 6.45) is 7.81. The Kier molecular flexibility index (Phi) is 15.1. The van der Waals surface area contributed by atoms with E-state index in [9.17, 15) is 14.7 Å². The Morgan fingerprint density at radius 2 is 1.44 bits per heavy atom. The van der Waals surface area contributed by atoms with Gasteiger partial charge in [0.15, 0.2) is 5.78 Å². The van der Waals surface area contributed by atoms with Crippen LogP contribution in [0.3, 0.4) is 0 Å². The van der Waals surface area contributed by atoms with Crippen molar-refractivity contribution >= 4 is 17.4 Å². The summed E-state index contributed by atoms with van der Waals surface area (Å²) in [7, 11) is 1.90. The molecule has 0 radical (unpaired) electrons. The number of ketones is 1. The van der Waals surface area contributed by atoms with E-state index in [0.717, 1.165) is 49.9 Å². The van der Waals surface area contributed by atoms with Crippen LogP contribution >= 0.6 is 0 Å². The summed E-state index contributed by atoms with van der Waals surface area (Å²) in [5, 5.41) is 14.2. The molecule has 1 aromatic heterocycles. The zero-order valence-electron chi connectivity index (χ0n) is 27.0. The summed E-state index contributed by atoms with van der Waals surface area (Å²) < 4.78 is 17.0. The van der Waals surface area contributed by atoms with Gasteiger partial charge in [0, 0.05) is 42.1 Å². The van der Waals surface area contributed by atoms with Gasteiger partial charge in [0.2, 0.25) is 0 Å². The number of hydrogen-bond acceptors (Lipinski definition) is 4. The average Bonchev–Trinajstić information content (AvgIpc) is 3.35. The largest absolute Gasteiger partial charge is 1.00 e. The van der Waals surface area contributed by atoms with Crippen LogP contribution in [-0.2, 0) is 37.5 Å². The Hall–Kier alpha value is -3.19. The van der Waals surface area contributed by atoms with Gasteiger partial charge >= 0.3 is 29.6 Å². The summed E-state index contributed by atoms with van der Waals surface area (Å²) in [5.74, 6) is -1.24. The van der Waals surface area contributed by atoms with Crippen LogP contribution in [-0.4, -0.2) is 22.9 Å². The van der Waals surface area contributed by atoms with Crippen molar-refractivity contribution in [1.82, 2.24) is 4.57 Å². The molecule has 4 rings (SSSR count). The van der Waals surface area contributed by atoms with Gasteiger partial charge < -0.3 is 19.8 Å². The van der Waals surface area contributed by atoms with Gasteiger partial charge in [-0.2, -0.15) is 0 Å². The minimum Gasteiger partial charge on any atom is -0.550 e. The molecule has 0 aliphatic carbocycles. The van der Waals surface area contributed by atoms with Gasteiger partial charge in [-0.05, 0) is 106 Å². The van der Waals surface area contributed by atoms with E-state index in [4.69, 9.17) is 0 Å². The Morgan fingerprint density at radius 3 is 2.00 bits per heavy atom. The molecule has 0 unspecified atom stereocenters. The van der Waals surface area contributed by atoms with Crippen molar-refractivity contribution in [3.63, 3.8) is 0 Å². The minimum atomic E-state index is -1.08. The van der Waals surface area contributed by atoms with Gasteiger partial charge in [0.05, 0.1) is 5.69 Å². The number of aliphatic carboxylic acids is 1. The first kappa shape index (κ1) is 36.3. The van der Waals surface area contributed by atoms with Crippen LogP contribution in [0.2, 0.25) is 0 Å². The standard InChI is InChI=1S/C38H45FN2O3.Na/c1-3-36-33(26-32(41(36)2)21-12-22-37(42)43)38(44)31-23-24-34(39)35(25-31)40-27-30(19-10-17-28-13-6-4-7-14-28)20-11-18-29-15-8-5-9-16-29;/h4-9,13-16,23-26,30,40H,3,10-12,17-22,27H2,1-2H3,(H,42,43);/q;+1/p-1. The van der Waals surface area contributed by atoms with Crippen molar-refractivity contribution in [3.8, 4) is 0 Å². The number of nitrogens with zero attached hydrogens (tertiary/aromatic N) is 1. The number of carboxylic acid groups (broad SMARTS) is 1. The summed E-state index contributed by atoms with van der Waals surface area (Å²) >= 11 is 0. The number of carbonyl (C=O) groups excluding carboxylic acids is 2. The number of hydrogen-bond donors (Lipinski definition) is 1. The summed E-state index contributed by atoms with van der Waals surface area (Å²) in [4.78, 5) is 24.5. The van der Waals surface area contributed by atoms with Crippen LogP contribution in [0.25, 0.3) is 0 Å². The monoisotopic (exact) mass is 618 g/mol. The molecule has 0 amide bonds. The van der Waals surface area contributed by atoms with Gasteiger partial charge in [-0.3, -0.25) is 4.79 Å². The molecule has 45 heavy (non-hydrogen) atoms. The summed E-state index contributed by atoms with van der Waals surface area (Å²) in [6.45, 7) is 2.62. The Bertz CT molecular complexity index is 1460. The van der Waals surface area contributed by atoms with Crippen LogP contribution in [0.15, 0.2) is 84.9 Å². The summed E-state index contributed by atoms with van der Waals surface area (Å²) in [5.41, 5.74) is 5.80. The fourth-order valence-electron chi connectivity index (χ4n) is 6.02. The van der Waals surface area contributed by atoms with Gasteiger partial charge in [-0.1, -0.05) is 67.6 Å². The molecule has 0 bridgehead atoms. The number of carbonyl (C=O) groups is 2. The van der Waals surface area contributed by atoms with Gasteiger partial charge in [-0.25, -0.2) is 4.39 Å². The first-order valence-electron chi connectivity index (χ1n) is 15.9. The maximum Gasteiger partial charge on any atom is 1.00 e. The molecule has 0 saturated carbocycles. The number of aromatic nitrogens is 1. The van der Waals surface area contributed by atoms with Gasteiger partial charge in [0.1, 0.15) is 5.82 Å². The van der Waals surface area contributed by atoms with E-state index in [1.165, 1.54) is 17.2 Å². The number of nitrogens with one attached hydrogen (secondary N) is 1. The van der Waals surface area contributed by atoms with Crippen LogP contribution in [0, 0.1) is 11.7 Å². The predicted octanol–water partition coefficient (Wildman–Crippen LogP) is 4.11. The third-order valence-electron chi connectivity index (χ3n) is 8.50. The van der Waals surface area contributed by atoms with Crippen molar-refractivity contribution in [1.29, 1.82) is 0 Å². The van der Waals surface area contributed by atoms with Crippen LogP contribution in [0.4, 0.5) is 10.1 Å². The fraction of sp³-hybridized carbons (Fsp3) is 0.368. The molecule has 1 N–H and O–H groups in total. The van der Waals surface area contributed by atoms with E-state index >= 15 is 4.39 Å². The number of halogens is 1. The maximum atomic E-state index is 15.0. The van der Waals surface area contributed by atoms with Crippen molar-refractivity contribution in [2.45, 2.75) is 71.1 Å². The summed E-state index contributed by atoms with van der Waals surface area (Å²) in [6, 6.07) is 27.4. The van der Waals surface area contributed by atoms with Crippen molar-refractivity contribution in [2.75, 3.05) is 11.9 Å². The zero-order chi connectivity index (χ0) is 31.3. The molecule has 0 spiro atoms. The van der Waals surface area contributed by atoms with Crippen molar-refractivity contribution in [3.05, 3.63) is 124 Å². The van der Waals surface area contributed by atoms with Gasteiger partial charge in [0.25, 0.3) is 0 Å². The topological polar surface area (TPSA) is 74.2 Å². The van der Waals surface area contributed by atoms with E-state index in [0.29, 0.717) is 48.5 Å². The normalized spacial score (nSPS) is 10.9. The molecule has 0 saturated heterocycles. The zero-order valence-corrected chi connectivity index (χ0v) is 29.0. The molecule has 5 nitrogen and oxygen atoms in total. The van der Waals surface area contributed by atoms with Crippen molar-refractivity contribution < 1.29 is 48.6 Å². The number of carboxylic acids is 1. The Morgan fingerprint density at radius 1 is 0.844 bits per heavy atom. The molecular formula is C38H44FN2NaO3. The average molecular weight is 619 g/mol. The number of aryl methyl sites for hydroxylation is 3. The minimum absolute atomic E-state index is 0. The Balaban J connectivity index is 0.00000552. The molecule has 4 aromatic rings. The second-order valence-corrected chi connectivity index (χ2v) is 11.7. The van der Waals surface area contributed by atoms with Crippen LogP contribution in [0.5, 0.6) is 0 Å².